The first-order valence-electron chi connectivity index (χ1n) is 7.87. The molecule has 0 saturated carbocycles. The normalized spacial score (nSPS) is 12.1. The molecule has 0 aliphatic carbocycles. The number of hydrogen-bond donors (Lipinski definition) is 2. The molecule has 6 heteroatoms. The van der Waals surface area contributed by atoms with Crippen molar-refractivity contribution in [3.8, 4) is 0 Å². The van der Waals surface area contributed by atoms with Crippen LogP contribution in [-0.2, 0) is 13.2 Å². The molecule has 0 aliphatic heterocycles. The highest BCUT2D eigenvalue weighted by atomic mass is 32.1. The standard InChI is InChI=1S/C18H20N4S2/c1-14-8-6-7-11-16(14)19-17-20-22(18(23)24-17)13-21(2)12-15-9-4-3-5-10-15/h3-11H,12-13H2,1-2H3,(H,19,20)/p+1. The monoisotopic (exact) mass is 357 g/mol. The Labute approximate surface area is 151 Å². The van der Waals surface area contributed by atoms with Crippen LogP contribution in [0.25, 0.3) is 0 Å². The minimum atomic E-state index is 0.750. The number of anilines is 2. The predicted molar refractivity (Wildman–Crippen MR) is 102 cm³/mol. The molecule has 3 rings (SSSR count). The summed E-state index contributed by atoms with van der Waals surface area (Å²) in [5, 5.41) is 8.83. The van der Waals surface area contributed by atoms with Crippen molar-refractivity contribution >= 4 is 34.4 Å². The van der Waals surface area contributed by atoms with Crippen molar-refractivity contribution in [1.82, 2.24) is 9.78 Å². The van der Waals surface area contributed by atoms with Crippen LogP contribution in [0.5, 0.6) is 0 Å². The van der Waals surface area contributed by atoms with Crippen LogP contribution in [0, 0.1) is 10.9 Å². The molecule has 1 heterocycles. The summed E-state index contributed by atoms with van der Waals surface area (Å²) in [4.78, 5) is 1.34. The molecule has 2 N–H and O–H groups in total. The molecule has 124 valence electrons. The summed E-state index contributed by atoms with van der Waals surface area (Å²) in [5.41, 5.74) is 3.57. The van der Waals surface area contributed by atoms with Crippen LogP contribution in [0.3, 0.4) is 0 Å². The van der Waals surface area contributed by atoms with Crippen molar-refractivity contribution in [3.05, 3.63) is 69.7 Å². The van der Waals surface area contributed by atoms with Crippen molar-refractivity contribution < 1.29 is 4.90 Å². The number of nitrogens with zero attached hydrogens (tertiary/aromatic N) is 2. The maximum Gasteiger partial charge on any atom is 0.209 e. The molecule has 1 atom stereocenters. The van der Waals surface area contributed by atoms with E-state index in [1.54, 1.807) is 0 Å². The molecule has 0 spiro atoms. The average molecular weight is 358 g/mol. The van der Waals surface area contributed by atoms with Gasteiger partial charge in [0.15, 0.2) is 10.6 Å². The number of hydrogen-bond acceptors (Lipinski definition) is 4. The number of benzene rings is 2. The van der Waals surface area contributed by atoms with Gasteiger partial charge in [0.05, 0.1) is 7.05 Å². The number of para-hydroxylation sites is 1. The zero-order valence-electron chi connectivity index (χ0n) is 13.8. The quantitative estimate of drug-likeness (QED) is 0.664. The van der Waals surface area contributed by atoms with Gasteiger partial charge in [0.1, 0.15) is 6.54 Å². The van der Waals surface area contributed by atoms with Gasteiger partial charge >= 0.3 is 0 Å². The van der Waals surface area contributed by atoms with Gasteiger partial charge in [0.25, 0.3) is 0 Å². The fourth-order valence-corrected chi connectivity index (χ4v) is 3.56. The zero-order chi connectivity index (χ0) is 16.9. The molecule has 0 aliphatic rings. The lowest BCUT2D eigenvalue weighted by Crippen LogP contribution is -3.07. The lowest BCUT2D eigenvalue weighted by Gasteiger charge is -2.13. The zero-order valence-corrected chi connectivity index (χ0v) is 15.5. The predicted octanol–water partition coefficient (Wildman–Crippen LogP) is 3.40. The molecule has 0 fully saturated rings. The third-order valence-electron chi connectivity index (χ3n) is 3.76. The largest absolute Gasteiger partial charge is 0.330 e. The van der Waals surface area contributed by atoms with E-state index in [-0.39, 0.29) is 0 Å². The minimum Gasteiger partial charge on any atom is -0.330 e. The summed E-state index contributed by atoms with van der Waals surface area (Å²) >= 11 is 6.98. The summed E-state index contributed by atoms with van der Waals surface area (Å²) in [6.45, 7) is 3.77. The van der Waals surface area contributed by atoms with E-state index in [1.165, 1.54) is 27.4 Å². The van der Waals surface area contributed by atoms with Crippen LogP contribution < -0.4 is 10.2 Å². The van der Waals surface area contributed by atoms with Gasteiger partial charge in [-0.15, -0.1) is 5.10 Å². The first-order valence-corrected chi connectivity index (χ1v) is 9.10. The highest BCUT2D eigenvalue weighted by Gasteiger charge is 2.10. The molecule has 3 aromatic rings. The van der Waals surface area contributed by atoms with Gasteiger partial charge in [0, 0.05) is 11.3 Å². The van der Waals surface area contributed by atoms with E-state index in [9.17, 15) is 0 Å². The summed E-state index contributed by atoms with van der Waals surface area (Å²) in [7, 11) is 2.16. The second kappa shape index (κ2) is 7.70. The Hall–Kier alpha value is -2.02. The van der Waals surface area contributed by atoms with E-state index >= 15 is 0 Å². The van der Waals surface area contributed by atoms with Crippen molar-refractivity contribution in [2.24, 2.45) is 0 Å². The Morgan fingerprint density at radius 1 is 1.12 bits per heavy atom. The van der Waals surface area contributed by atoms with Gasteiger partial charge in [-0.3, -0.25) is 0 Å². The molecule has 1 aromatic heterocycles. The number of aromatic nitrogens is 2. The van der Waals surface area contributed by atoms with Crippen molar-refractivity contribution in [1.29, 1.82) is 0 Å². The van der Waals surface area contributed by atoms with Crippen LogP contribution in [0.15, 0.2) is 54.6 Å². The van der Waals surface area contributed by atoms with E-state index in [0.29, 0.717) is 0 Å². The lowest BCUT2D eigenvalue weighted by atomic mass is 10.2. The molecule has 24 heavy (non-hydrogen) atoms. The van der Waals surface area contributed by atoms with Crippen LogP contribution >= 0.6 is 23.6 Å². The lowest BCUT2D eigenvalue weighted by molar-refractivity contribution is -0.917. The molecule has 0 bridgehead atoms. The van der Waals surface area contributed by atoms with E-state index in [0.717, 1.165) is 28.0 Å². The van der Waals surface area contributed by atoms with Gasteiger partial charge in [0.2, 0.25) is 5.13 Å². The van der Waals surface area contributed by atoms with Crippen molar-refractivity contribution in [3.63, 3.8) is 0 Å². The maximum atomic E-state index is 5.47. The smallest absolute Gasteiger partial charge is 0.209 e. The van der Waals surface area contributed by atoms with E-state index in [4.69, 9.17) is 12.2 Å². The highest BCUT2D eigenvalue weighted by molar-refractivity contribution is 7.73. The number of aryl methyl sites for hydroxylation is 1. The molecule has 0 amide bonds. The number of quaternary nitrogens is 1. The average Bonchev–Trinajstić information content (AvgIpc) is 2.90. The first kappa shape index (κ1) is 16.8. The van der Waals surface area contributed by atoms with Gasteiger partial charge < -0.3 is 10.2 Å². The molecular weight excluding hydrogens is 336 g/mol. The Balaban J connectivity index is 1.68. The molecule has 0 radical (unpaired) electrons. The summed E-state index contributed by atoms with van der Waals surface area (Å²) < 4.78 is 2.69. The topological polar surface area (TPSA) is 34.3 Å². The first-order chi connectivity index (χ1) is 11.6. The fraction of sp³-hybridized carbons (Fsp3) is 0.222. The van der Waals surface area contributed by atoms with Crippen LogP contribution in [0.1, 0.15) is 11.1 Å². The Morgan fingerprint density at radius 3 is 2.58 bits per heavy atom. The second-order valence-corrected chi connectivity index (χ2v) is 7.51. The Kier molecular flexibility index (Phi) is 5.40. The summed E-state index contributed by atoms with van der Waals surface area (Å²) in [6.07, 6.45) is 0. The highest BCUT2D eigenvalue weighted by Crippen LogP contribution is 2.22. The summed E-state index contributed by atoms with van der Waals surface area (Å²) in [5.74, 6) is 0. The third-order valence-corrected chi connectivity index (χ3v) is 4.98. The van der Waals surface area contributed by atoms with Crippen LogP contribution in [-0.4, -0.2) is 16.8 Å². The van der Waals surface area contributed by atoms with Crippen LogP contribution in [0.4, 0.5) is 10.8 Å². The minimum absolute atomic E-state index is 0.750. The third kappa shape index (κ3) is 4.29. The van der Waals surface area contributed by atoms with Gasteiger partial charge in [-0.25, -0.2) is 0 Å². The Bertz CT molecular complexity index is 855. The van der Waals surface area contributed by atoms with Gasteiger partial charge in [-0.05, 0) is 30.8 Å². The molecule has 1 unspecified atom stereocenters. The van der Waals surface area contributed by atoms with E-state index < -0.39 is 0 Å². The van der Waals surface area contributed by atoms with Gasteiger partial charge in [-0.2, -0.15) is 4.68 Å². The molecular formula is C18H21N4S2+. The summed E-state index contributed by atoms with van der Waals surface area (Å²) in [6, 6.07) is 18.7. The van der Waals surface area contributed by atoms with Crippen molar-refractivity contribution in [2.45, 2.75) is 20.1 Å². The molecule has 0 saturated heterocycles. The fourth-order valence-electron chi connectivity index (χ4n) is 2.54. The van der Waals surface area contributed by atoms with Gasteiger partial charge in [-0.1, -0.05) is 59.9 Å². The number of nitrogens with one attached hydrogen (secondary N) is 2. The van der Waals surface area contributed by atoms with Crippen LogP contribution in [0.2, 0.25) is 0 Å². The second-order valence-electron chi connectivity index (χ2n) is 5.89. The molecule has 2 aromatic carbocycles. The Morgan fingerprint density at radius 2 is 1.83 bits per heavy atom. The van der Waals surface area contributed by atoms with E-state index in [1.807, 2.05) is 22.9 Å². The van der Waals surface area contributed by atoms with E-state index in [2.05, 4.69) is 60.8 Å². The SMILES string of the molecule is Cc1ccccc1Nc1nn(C[NH+](C)Cc2ccccc2)c(=S)s1. The molecule has 4 nitrogen and oxygen atoms in total. The van der Waals surface area contributed by atoms with Crippen molar-refractivity contribution in [2.75, 3.05) is 12.4 Å². The number of rotatable bonds is 6. The maximum absolute atomic E-state index is 5.47.